The molecule has 1 unspecified atom stereocenters. The minimum Gasteiger partial charge on any atom is -0.313 e. The Kier molecular flexibility index (Phi) is 6.58. The summed E-state index contributed by atoms with van der Waals surface area (Å²) < 4.78 is 39.5. The summed E-state index contributed by atoms with van der Waals surface area (Å²) in [5, 5.41) is 2.60. The fourth-order valence-corrected chi connectivity index (χ4v) is 2.67. The molecule has 0 bridgehead atoms. The van der Waals surface area contributed by atoms with Crippen LogP contribution in [0.1, 0.15) is 26.3 Å². The number of hydrogen-bond donors (Lipinski definition) is 2. The van der Waals surface area contributed by atoms with Crippen LogP contribution in [-0.2, 0) is 16.4 Å². The van der Waals surface area contributed by atoms with Gasteiger partial charge >= 0.3 is 0 Å². The third kappa shape index (κ3) is 5.98. The summed E-state index contributed by atoms with van der Waals surface area (Å²) in [6.45, 7) is 6.29. The molecule has 0 heterocycles. The average molecular weight is 302 g/mol. The third-order valence-electron chi connectivity index (χ3n) is 2.95. The lowest BCUT2D eigenvalue weighted by molar-refractivity contribution is 0.541. The number of hydrogen-bond acceptors (Lipinski definition) is 3. The highest BCUT2D eigenvalue weighted by molar-refractivity contribution is 7.90. The lowest BCUT2D eigenvalue weighted by Crippen LogP contribution is -2.41. The van der Waals surface area contributed by atoms with E-state index in [1.165, 1.54) is 12.1 Å². The topological polar surface area (TPSA) is 58.2 Å². The van der Waals surface area contributed by atoms with Gasteiger partial charge in [0.2, 0.25) is 10.0 Å². The molecule has 0 aliphatic carbocycles. The van der Waals surface area contributed by atoms with Crippen LogP contribution in [0.5, 0.6) is 0 Å². The van der Waals surface area contributed by atoms with Crippen LogP contribution < -0.4 is 10.0 Å². The highest BCUT2D eigenvalue weighted by atomic mass is 32.2. The van der Waals surface area contributed by atoms with Gasteiger partial charge in [-0.1, -0.05) is 26.0 Å². The maximum Gasteiger partial charge on any atom is 0.215 e. The average Bonchev–Trinajstić information content (AvgIpc) is 2.35. The van der Waals surface area contributed by atoms with Crippen molar-refractivity contribution < 1.29 is 12.8 Å². The molecule has 1 aromatic rings. The largest absolute Gasteiger partial charge is 0.313 e. The summed E-state index contributed by atoms with van der Waals surface area (Å²) in [6.07, 6.45) is 0.474. The second kappa shape index (κ2) is 7.71. The molecule has 0 aliphatic rings. The molecule has 0 saturated carbocycles. The minimum atomic E-state index is -3.34. The number of rotatable bonds is 8. The van der Waals surface area contributed by atoms with Crippen molar-refractivity contribution in [1.29, 1.82) is 0 Å². The molecule has 0 amide bonds. The summed E-state index contributed by atoms with van der Waals surface area (Å²) in [5.74, 6) is -0.306. The molecule has 0 fully saturated rings. The van der Waals surface area contributed by atoms with Crippen LogP contribution >= 0.6 is 0 Å². The fourth-order valence-electron chi connectivity index (χ4n) is 1.68. The van der Waals surface area contributed by atoms with Crippen LogP contribution in [0.4, 0.5) is 4.39 Å². The molecule has 0 aromatic heterocycles. The van der Waals surface area contributed by atoms with Crippen LogP contribution in [0.15, 0.2) is 24.3 Å². The summed E-state index contributed by atoms with van der Waals surface area (Å²) in [6, 6.07) is 6.43. The van der Waals surface area contributed by atoms with E-state index in [1.54, 1.807) is 19.1 Å². The van der Waals surface area contributed by atoms with Gasteiger partial charge in [0.1, 0.15) is 5.82 Å². The molecule has 114 valence electrons. The van der Waals surface area contributed by atoms with Gasteiger partial charge in [0.25, 0.3) is 0 Å². The van der Waals surface area contributed by atoms with Crippen molar-refractivity contribution in [3.8, 4) is 0 Å². The Hall–Kier alpha value is -0.980. The van der Waals surface area contributed by atoms with E-state index >= 15 is 0 Å². The van der Waals surface area contributed by atoms with E-state index in [0.29, 0.717) is 13.0 Å². The second-order valence-electron chi connectivity index (χ2n) is 5.19. The van der Waals surface area contributed by atoms with E-state index in [9.17, 15) is 12.8 Å². The van der Waals surface area contributed by atoms with Crippen LogP contribution in [-0.4, -0.2) is 32.8 Å². The molecule has 1 aromatic carbocycles. The van der Waals surface area contributed by atoms with Crippen LogP contribution in [0.25, 0.3) is 0 Å². The smallest absolute Gasteiger partial charge is 0.215 e. The Bertz CT molecular complexity index is 518. The highest BCUT2D eigenvalue weighted by Crippen LogP contribution is 2.04. The number of benzene rings is 1. The first-order valence-electron chi connectivity index (χ1n) is 6.77. The van der Waals surface area contributed by atoms with Gasteiger partial charge in [-0.2, -0.15) is 0 Å². The first-order valence-corrected chi connectivity index (χ1v) is 8.32. The van der Waals surface area contributed by atoms with Gasteiger partial charge in [0, 0.05) is 19.1 Å². The summed E-state index contributed by atoms with van der Waals surface area (Å²) in [4.78, 5) is 0. The molecule has 20 heavy (non-hydrogen) atoms. The van der Waals surface area contributed by atoms with Gasteiger partial charge in [0.05, 0.1) is 5.25 Å². The number of halogens is 1. The van der Waals surface area contributed by atoms with E-state index in [4.69, 9.17) is 0 Å². The maximum atomic E-state index is 13.0. The first kappa shape index (κ1) is 17.1. The van der Waals surface area contributed by atoms with Crippen molar-refractivity contribution in [1.82, 2.24) is 10.0 Å². The van der Waals surface area contributed by atoms with Crippen molar-refractivity contribution in [2.24, 2.45) is 0 Å². The van der Waals surface area contributed by atoms with Crippen LogP contribution in [0.3, 0.4) is 0 Å². The Morgan fingerprint density at radius 2 is 1.95 bits per heavy atom. The van der Waals surface area contributed by atoms with Gasteiger partial charge in [-0.05, 0) is 31.0 Å². The van der Waals surface area contributed by atoms with E-state index in [-0.39, 0.29) is 18.4 Å². The van der Waals surface area contributed by atoms with Gasteiger partial charge in [-0.25, -0.2) is 17.5 Å². The van der Waals surface area contributed by atoms with Crippen LogP contribution in [0.2, 0.25) is 0 Å². The van der Waals surface area contributed by atoms with Crippen molar-refractivity contribution in [3.63, 3.8) is 0 Å². The Morgan fingerprint density at radius 1 is 1.25 bits per heavy atom. The predicted octanol–water partition coefficient (Wildman–Crippen LogP) is 1.67. The Labute approximate surface area is 120 Å². The molecule has 4 nitrogen and oxygen atoms in total. The van der Waals surface area contributed by atoms with Gasteiger partial charge in [0.15, 0.2) is 0 Å². The molecule has 0 spiro atoms. The predicted molar refractivity (Wildman–Crippen MR) is 79.6 cm³/mol. The Morgan fingerprint density at radius 3 is 2.55 bits per heavy atom. The normalized spacial score (nSPS) is 13.7. The first-order chi connectivity index (χ1) is 9.31. The van der Waals surface area contributed by atoms with E-state index in [2.05, 4.69) is 10.0 Å². The second-order valence-corrected chi connectivity index (χ2v) is 7.38. The van der Waals surface area contributed by atoms with Crippen molar-refractivity contribution in [2.75, 3.05) is 13.1 Å². The van der Waals surface area contributed by atoms with Gasteiger partial charge in [-0.15, -0.1) is 0 Å². The fraction of sp³-hybridized carbons (Fsp3) is 0.571. The van der Waals surface area contributed by atoms with Crippen molar-refractivity contribution >= 4 is 10.0 Å². The lowest BCUT2D eigenvalue weighted by atomic mass is 10.1. The summed E-state index contributed by atoms with van der Waals surface area (Å²) in [5.41, 5.74) is 0.778. The number of sulfonamides is 1. The van der Waals surface area contributed by atoms with Crippen molar-refractivity contribution in [2.45, 2.75) is 38.5 Å². The van der Waals surface area contributed by atoms with Crippen molar-refractivity contribution in [3.05, 3.63) is 35.6 Å². The monoisotopic (exact) mass is 302 g/mol. The Balaban J connectivity index is 2.43. The molecule has 0 aliphatic heterocycles. The highest BCUT2D eigenvalue weighted by Gasteiger charge is 2.19. The van der Waals surface area contributed by atoms with Crippen LogP contribution in [0, 0.1) is 5.82 Å². The maximum absolute atomic E-state index is 13.0. The zero-order valence-electron chi connectivity index (χ0n) is 12.2. The number of nitrogens with one attached hydrogen (secondary N) is 2. The lowest BCUT2D eigenvalue weighted by Gasteiger charge is -2.16. The molecule has 1 atom stereocenters. The molecule has 0 saturated heterocycles. The minimum absolute atomic E-state index is 0.250. The summed E-state index contributed by atoms with van der Waals surface area (Å²) >= 11 is 0. The van der Waals surface area contributed by atoms with E-state index in [0.717, 1.165) is 5.56 Å². The molecule has 6 heteroatoms. The van der Waals surface area contributed by atoms with E-state index in [1.807, 2.05) is 13.8 Å². The van der Waals surface area contributed by atoms with E-state index < -0.39 is 15.3 Å². The zero-order chi connectivity index (χ0) is 15.2. The molecular formula is C14H23FN2O2S. The molecule has 2 N–H and O–H groups in total. The quantitative estimate of drug-likeness (QED) is 0.768. The molecular weight excluding hydrogens is 279 g/mol. The van der Waals surface area contributed by atoms with Gasteiger partial charge in [-0.3, -0.25) is 0 Å². The SMILES string of the molecule is CC(C)NCC(C)S(=O)(=O)NCCc1cccc(F)c1. The zero-order valence-corrected chi connectivity index (χ0v) is 13.0. The third-order valence-corrected chi connectivity index (χ3v) is 4.78. The van der Waals surface area contributed by atoms with Gasteiger partial charge < -0.3 is 5.32 Å². The summed E-state index contributed by atoms with van der Waals surface area (Å²) in [7, 11) is -3.34. The standard InChI is InChI=1S/C14H23FN2O2S/c1-11(2)16-10-12(3)20(18,19)17-8-7-13-5-4-6-14(15)9-13/h4-6,9,11-12,16-17H,7-8,10H2,1-3H3. The molecule has 1 rings (SSSR count). The molecule has 0 radical (unpaired) electrons.